The summed E-state index contributed by atoms with van der Waals surface area (Å²) in [6.07, 6.45) is 3.28. The molecule has 18 heavy (non-hydrogen) atoms. The molecule has 0 fully saturated rings. The van der Waals surface area contributed by atoms with Crippen molar-refractivity contribution in [3.05, 3.63) is 48.3 Å². The van der Waals surface area contributed by atoms with Crippen molar-refractivity contribution >= 4 is 17.6 Å². The Kier molecular flexibility index (Phi) is 3.38. The molecule has 1 aromatic carbocycles. The molecule has 0 bridgehead atoms. The summed E-state index contributed by atoms with van der Waals surface area (Å²) < 4.78 is 1.50. The van der Waals surface area contributed by atoms with Gasteiger partial charge < -0.3 is 10.4 Å². The van der Waals surface area contributed by atoms with Gasteiger partial charge in [0, 0.05) is 18.1 Å². The van der Waals surface area contributed by atoms with Crippen molar-refractivity contribution in [2.75, 3.05) is 5.32 Å². The van der Waals surface area contributed by atoms with Gasteiger partial charge in [0.2, 0.25) is 5.91 Å². The van der Waals surface area contributed by atoms with Crippen LogP contribution >= 0.6 is 0 Å². The van der Waals surface area contributed by atoms with Crippen LogP contribution in [-0.2, 0) is 11.3 Å². The molecule has 0 aliphatic rings. The Morgan fingerprint density at radius 2 is 2.00 bits per heavy atom. The first-order chi connectivity index (χ1) is 8.65. The smallest absolute Gasteiger partial charge is 0.335 e. The molecule has 1 amide bonds. The molecule has 1 heterocycles. The summed E-state index contributed by atoms with van der Waals surface area (Å²) in [6.45, 7) is 0.119. The third-order valence-electron chi connectivity index (χ3n) is 2.28. The summed E-state index contributed by atoms with van der Waals surface area (Å²) in [5.41, 5.74) is 0.734. The molecule has 6 nitrogen and oxygen atoms in total. The van der Waals surface area contributed by atoms with E-state index in [4.69, 9.17) is 5.11 Å². The van der Waals surface area contributed by atoms with Gasteiger partial charge in [-0.2, -0.15) is 5.10 Å². The number of carbonyl (C=O) groups is 2. The second kappa shape index (κ2) is 5.13. The Morgan fingerprint density at radius 1 is 1.28 bits per heavy atom. The van der Waals surface area contributed by atoms with Gasteiger partial charge in [0.05, 0.1) is 5.56 Å². The maximum Gasteiger partial charge on any atom is 0.335 e. The first-order valence-corrected chi connectivity index (χ1v) is 5.26. The normalized spacial score (nSPS) is 10.0. The maximum absolute atomic E-state index is 11.6. The SMILES string of the molecule is O=C(Cn1cccn1)Nc1ccc(C(=O)O)cc1. The van der Waals surface area contributed by atoms with Gasteiger partial charge in [-0.3, -0.25) is 9.48 Å². The molecule has 1 aromatic heterocycles. The Labute approximate surface area is 103 Å². The molecule has 2 N–H and O–H groups in total. The van der Waals surface area contributed by atoms with E-state index < -0.39 is 5.97 Å². The minimum absolute atomic E-state index is 0.119. The van der Waals surface area contributed by atoms with Crippen molar-refractivity contribution in [1.82, 2.24) is 9.78 Å². The van der Waals surface area contributed by atoms with E-state index in [1.165, 1.54) is 16.8 Å². The highest BCUT2D eigenvalue weighted by atomic mass is 16.4. The monoisotopic (exact) mass is 245 g/mol. The van der Waals surface area contributed by atoms with E-state index in [0.717, 1.165) is 0 Å². The third-order valence-corrected chi connectivity index (χ3v) is 2.28. The standard InChI is InChI=1S/C12H11N3O3/c16-11(8-15-7-1-6-13-15)14-10-4-2-9(3-5-10)12(17)18/h1-7H,8H2,(H,14,16)(H,17,18). The van der Waals surface area contributed by atoms with E-state index in [1.807, 2.05) is 0 Å². The van der Waals surface area contributed by atoms with E-state index in [-0.39, 0.29) is 18.0 Å². The molecular weight excluding hydrogens is 234 g/mol. The molecule has 0 aliphatic carbocycles. The van der Waals surface area contributed by atoms with E-state index in [2.05, 4.69) is 10.4 Å². The lowest BCUT2D eigenvalue weighted by molar-refractivity contribution is -0.116. The molecule has 0 radical (unpaired) electrons. The zero-order valence-corrected chi connectivity index (χ0v) is 9.41. The molecule has 0 spiro atoms. The van der Waals surface area contributed by atoms with Crippen LogP contribution in [-0.4, -0.2) is 26.8 Å². The number of amides is 1. The summed E-state index contributed by atoms with van der Waals surface area (Å²) in [5.74, 6) is -1.22. The van der Waals surface area contributed by atoms with Crippen LogP contribution in [0.5, 0.6) is 0 Å². The Morgan fingerprint density at radius 3 is 2.56 bits per heavy atom. The van der Waals surface area contributed by atoms with Crippen LogP contribution in [0.1, 0.15) is 10.4 Å². The van der Waals surface area contributed by atoms with Crippen LogP contribution in [0.25, 0.3) is 0 Å². The average Bonchev–Trinajstić information content (AvgIpc) is 2.82. The lowest BCUT2D eigenvalue weighted by Crippen LogP contribution is -2.18. The van der Waals surface area contributed by atoms with Crippen molar-refractivity contribution in [3.8, 4) is 0 Å². The van der Waals surface area contributed by atoms with Gasteiger partial charge in [-0.25, -0.2) is 4.79 Å². The number of aromatic carboxylic acids is 1. The maximum atomic E-state index is 11.6. The van der Waals surface area contributed by atoms with Crippen molar-refractivity contribution in [3.63, 3.8) is 0 Å². The number of benzene rings is 1. The quantitative estimate of drug-likeness (QED) is 0.848. The van der Waals surface area contributed by atoms with Gasteiger partial charge in [0.1, 0.15) is 6.54 Å². The largest absolute Gasteiger partial charge is 0.478 e. The fraction of sp³-hybridized carbons (Fsp3) is 0.0833. The highest BCUT2D eigenvalue weighted by Gasteiger charge is 2.05. The van der Waals surface area contributed by atoms with E-state index >= 15 is 0 Å². The van der Waals surface area contributed by atoms with Crippen molar-refractivity contribution in [2.24, 2.45) is 0 Å². The van der Waals surface area contributed by atoms with Crippen LogP contribution in [0.2, 0.25) is 0 Å². The fourth-order valence-electron chi connectivity index (χ4n) is 1.44. The van der Waals surface area contributed by atoms with Gasteiger partial charge >= 0.3 is 5.97 Å². The van der Waals surface area contributed by atoms with Crippen LogP contribution in [0.4, 0.5) is 5.69 Å². The van der Waals surface area contributed by atoms with Gasteiger partial charge in [0.15, 0.2) is 0 Å². The third kappa shape index (κ3) is 2.94. The number of hydrogen-bond acceptors (Lipinski definition) is 3. The van der Waals surface area contributed by atoms with Gasteiger partial charge in [-0.1, -0.05) is 0 Å². The molecule has 0 saturated heterocycles. The molecule has 0 unspecified atom stereocenters. The molecule has 6 heteroatoms. The lowest BCUT2D eigenvalue weighted by atomic mass is 10.2. The predicted molar refractivity (Wildman–Crippen MR) is 64.3 cm³/mol. The molecule has 92 valence electrons. The number of carboxylic acids is 1. The summed E-state index contributed by atoms with van der Waals surface area (Å²) in [7, 11) is 0. The fourth-order valence-corrected chi connectivity index (χ4v) is 1.44. The summed E-state index contributed by atoms with van der Waals surface area (Å²) in [4.78, 5) is 22.3. The molecule has 0 atom stereocenters. The lowest BCUT2D eigenvalue weighted by Gasteiger charge is -2.05. The van der Waals surface area contributed by atoms with Crippen LogP contribution < -0.4 is 5.32 Å². The van der Waals surface area contributed by atoms with Crippen LogP contribution in [0.15, 0.2) is 42.7 Å². The first kappa shape index (κ1) is 11.8. The number of nitrogens with one attached hydrogen (secondary N) is 1. The molecule has 2 aromatic rings. The zero-order valence-electron chi connectivity index (χ0n) is 9.41. The van der Waals surface area contributed by atoms with Crippen molar-refractivity contribution in [2.45, 2.75) is 6.54 Å². The van der Waals surface area contributed by atoms with Crippen LogP contribution in [0, 0.1) is 0 Å². The number of carbonyl (C=O) groups excluding carboxylic acids is 1. The summed E-state index contributed by atoms with van der Waals surface area (Å²) in [6, 6.07) is 7.70. The number of nitrogens with zero attached hydrogens (tertiary/aromatic N) is 2. The number of carboxylic acid groups (broad SMARTS) is 1. The van der Waals surface area contributed by atoms with E-state index in [1.54, 1.807) is 30.6 Å². The molecule has 0 aliphatic heterocycles. The Bertz CT molecular complexity index is 546. The van der Waals surface area contributed by atoms with Gasteiger partial charge in [-0.15, -0.1) is 0 Å². The number of anilines is 1. The molecular formula is C12H11N3O3. The van der Waals surface area contributed by atoms with E-state index in [0.29, 0.717) is 5.69 Å². The van der Waals surface area contributed by atoms with Gasteiger partial charge in [-0.05, 0) is 30.3 Å². The van der Waals surface area contributed by atoms with Crippen molar-refractivity contribution < 1.29 is 14.7 Å². The van der Waals surface area contributed by atoms with E-state index in [9.17, 15) is 9.59 Å². The number of aromatic nitrogens is 2. The molecule has 2 rings (SSSR count). The summed E-state index contributed by atoms with van der Waals surface area (Å²) in [5, 5.41) is 15.3. The minimum Gasteiger partial charge on any atom is -0.478 e. The van der Waals surface area contributed by atoms with Gasteiger partial charge in [0.25, 0.3) is 0 Å². The van der Waals surface area contributed by atoms with Crippen molar-refractivity contribution in [1.29, 1.82) is 0 Å². The highest BCUT2D eigenvalue weighted by molar-refractivity contribution is 5.92. The predicted octanol–water partition coefficient (Wildman–Crippen LogP) is 1.22. The number of hydrogen-bond donors (Lipinski definition) is 2. The first-order valence-electron chi connectivity index (χ1n) is 5.26. The minimum atomic E-state index is -0.996. The topological polar surface area (TPSA) is 84.2 Å². The Balaban J connectivity index is 1.97. The zero-order chi connectivity index (χ0) is 13.0. The second-order valence-corrected chi connectivity index (χ2v) is 3.63. The highest BCUT2D eigenvalue weighted by Crippen LogP contribution is 2.09. The Hall–Kier alpha value is -2.63. The van der Waals surface area contributed by atoms with Crippen LogP contribution in [0.3, 0.4) is 0 Å². The second-order valence-electron chi connectivity index (χ2n) is 3.63. The average molecular weight is 245 g/mol. The number of rotatable bonds is 4. The summed E-state index contributed by atoms with van der Waals surface area (Å²) >= 11 is 0. The molecule has 0 saturated carbocycles.